The molecule has 1 aromatic carbocycles. The Balaban J connectivity index is 2.42. The van der Waals surface area contributed by atoms with Crippen LogP contribution in [0.4, 0.5) is 5.69 Å². The van der Waals surface area contributed by atoms with E-state index in [-0.39, 0.29) is 6.54 Å². The summed E-state index contributed by atoms with van der Waals surface area (Å²) in [6, 6.07) is 7.60. The molecule has 0 fully saturated rings. The van der Waals surface area contributed by atoms with Gasteiger partial charge in [-0.25, -0.2) is 0 Å². The molecule has 0 heterocycles. The molecule has 0 aliphatic heterocycles. The number of nitrogens with one attached hydrogen (secondary N) is 1. The van der Waals surface area contributed by atoms with Crippen molar-refractivity contribution in [3.05, 3.63) is 24.3 Å². The summed E-state index contributed by atoms with van der Waals surface area (Å²) in [7, 11) is 0. The Morgan fingerprint density at radius 3 is 2.60 bits per heavy atom. The molecule has 0 aliphatic rings. The SMILES string of the molecule is CCOc1ccc(NCC(O)CN)cc1. The molecule has 1 unspecified atom stereocenters. The van der Waals surface area contributed by atoms with Gasteiger partial charge < -0.3 is 20.9 Å². The number of nitrogens with two attached hydrogens (primary N) is 1. The highest BCUT2D eigenvalue weighted by molar-refractivity contribution is 5.46. The third-order valence-corrected chi connectivity index (χ3v) is 1.98. The van der Waals surface area contributed by atoms with Gasteiger partial charge in [0.05, 0.1) is 12.7 Å². The lowest BCUT2D eigenvalue weighted by Crippen LogP contribution is -2.27. The third-order valence-electron chi connectivity index (χ3n) is 1.98. The minimum Gasteiger partial charge on any atom is -0.494 e. The summed E-state index contributed by atoms with van der Waals surface area (Å²) in [5, 5.41) is 12.3. The Morgan fingerprint density at radius 1 is 1.40 bits per heavy atom. The number of hydrogen-bond donors (Lipinski definition) is 3. The van der Waals surface area contributed by atoms with E-state index in [1.165, 1.54) is 0 Å². The number of benzene rings is 1. The van der Waals surface area contributed by atoms with E-state index in [0.717, 1.165) is 11.4 Å². The monoisotopic (exact) mass is 210 g/mol. The van der Waals surface area contributed by atoms with Gasteiger partial charge in [-0.05, 0) is 31.2 Å². The molecule has 4 heteroatoms. The number of hydrogen-bond acceptors (Lipinski definition) is 4. The molecule has 0 radical (unpaired) electrons. The minimum atomic E-state index is -0.503. The van der Waals surface area contributed by atoms with Crippen LogP contribution in [0.1, 0.15) is 6.92 Å². The van der Waals surface area contributed by atoms with Gasteiger partial charge in [-0.15, -0.1) is 0 Å². The minimum absolute atomic E-state index is 0.268. The second-order valence-corrected chi connectivity index (χ2v) is 3.23. The Hall–Kier alpha value is -1.26. The molecule has 0 spiro atoms. The second kappa shape index (κ2) is 6.27. The first-order valence-electron chi connectivity index (χ1n) is 5.11. The fraction of sp³-hybridized carbons (Fsp3) is 0.455. The highest BCUT2D eigenvalue weighted by Crippen LogP contribution is 2.15. The molecule has 4 N–H and O–H groups in total. The zero-order chi connectivity index (χ0) is 11.1. The van der Waals surface area contributed by atoms with Gasteiger partial charge in [-0.2, -0.15) is 0 Å². The normalized spacial score (nSPS) is 12.2. The van der Waals surface area contributed by atoms with Crippen LogP contribution in [0.2, 0.25) is 0 Å². The van der Waals surface area contributed by atoms with Crippen LogP contribution in [0.5, 0.6) is 5.75 Å². The average molecular weight is 210 g/mol. The van der Waals surface area contributed by atoms with Gasteiger partial charge in [-0.3, -0.25) is 0 Å². The van der Waals surface area contributed by atoms with Gasteiger partial charge in [0, 0.05) is 18.8 Å². The molecular formula is C11H18N2O2. The molecule has 0 saturated heterocycles. The van der Waals surface area contributed by atoms with Crippen molar-refractivity contribution in [2.75, 3.05) is 25.0 Å². The largest absolute Gasteiger partial charge is 0.494 e. The Bertz CT molecular complexity index is 274. The van der Waals surface area contributed by atoms with Gasteiger partial charge in [0.25, 0.3) is 0 Å². The highest BCUT2D eigenvalue weighted by Gasteiger charge is 2.00. The lowest BCUT2D eigenvalue weighted by molar-refractivity contribution is 0.196. The maximum atomic E-state index is 9.25. The van der Waals surface area contributed by atoms with E-state index in [1.807, 2.05) is 31.2 Å². The Morgan fingerprint density at radius 2 is 2.07 bits per heavy atom. The highest BCUT2D eigenvalue weighted by atomic mass is 16.5. The van der Waals surface area contributed by atoms with Crippen molar-refractivity contribution >= 4 is 5.69 Å². The zero-order valence-electron chi connectivity index (χ0n) is 8.94. The number of ether oxygens (including phenoxy) is 1. The summed E-state index contributed by atoms with van der Waals surface area (Å²) in [5.41, 5.74) is 6.24. The van der Waals surface area contributed by atoms with Crippen LogP contribution in [0.15, 0.2) is 24.3 Å². The molecule has 4 nitrogen and oxygen atoms in total. The van der Waals surface area contributed by atoms with Crippen LogP contribution >= 0.6 is 0 Å². The van der Waals surface area contributed by atoms with Crippen LogP contribution in [-0.2, 0) is 0 Å². The molecule has 0 amide bonds. The maximum Gasteiger partial charge on any atom is 0.119 e. The molecule has 1 aromatic rings. The van der Waals surface area contributed by atoms with Crippen LogP contribution in [-0.4, -0.2) is 30.9 Å². The first kappa shape index (κ1) is 11.8. The topological polar surface area (TPSA) is 67.5 Å². The molecule has 0 bridgehead atoms. The van der Waals surface area contributed by atoms with Crippen LogP contribution < -0.4 is 15.8 Å². The van der Waals surface area contributed by atoms with E-state index in [9.17, 15) is 5.11 Å². The first-order chi connectivity index (χ1) is 7.26. The summed E-state index contributed by atoms with van der Waals surface area (Å²) >= 11 is 0. The van der Waals surface area contributed by atoms with Crippen molar-refractivity contribution in [3.63, 3.8) is 0 Å². The fourth-order valence-corrected chi connectivity index (χ4v) is 1.15. The van der Waals surface area contributed by atoms with Crippen molar-refractivity contribution in [2.45, 2.75) is 13.0 Å². The van der Waals surface area contributed by atoms with Gasteiger partial charge in [0.15, 0.2) is 0 Å². The van der Waals surface area contributed by atoms with Gasteiger partial charge >= 0.3 is 0 Å². The Kier molecular flexibility index (Phi) is 4.93. The number of aliphatic hydroxyl groups is 1. The molecule has 0 aromatic heterocycles. The van der Waals surface area contributed by atoms with Crippen molar-refractivity contribution < 1.29 is 9.84 Å². The average Bonchev–Trinajstić information content (AvgIpc) is 2.28. The summed E-state index contributed by atoms with van der Waals surface area (Å²) in [6.45, 7) is 3.34. The molecule has 1 atom stereocenters. The van der Waals surface area contributed by atoms with Crippen LogP contribution in [0.25, 0.3) is 0 Å². The molecular weight excluding hydrogens is 192 g/mol. The van der Waals surface area contributed by atoms with Crippen LogP contribution in [0.3, 0.4) is 0 Å². The maximum absolute atomic E-state index is 9.25. The second-order valence-electron chi connectivity index (χ2n) is 3.23. The number of aliphatic hydroxyl groups excluding tert-OH is 1. The summed E-state index contributed by atoms with van der Waals surface area (Å²) in [4.78, 5) is 0. The zero-order valence-corrected chi connectivity index (χ0v) is 8.94. The summed E-state index contributed by atoms with van der Waals surface area (Å²) in [6.07, 6.45) is -0.503. The van der Waals surface area contributed by atoms with Gasteiger partial charge in [-0.1, -0.05) is 0 Å². The van der Waals surface area contributed by atoms with E-state index < -0.39 is 6.10 Å². The smallest absolute Gasteiger partial charge is 0.119 e. The fourth-order valence-electron chi connectivity index (χ4n) is 1.15. The third kappa shape index (κ3) is 4.18. The van der Waals surface area contributed by atoms with Crippen molar-refractivity contribution in [3.8, 4) is 5.75 Å². The quantitative estimate of drug-likeness (QED) is 0.650. The Labute approximate surface area is 90.1 Å². The van der Waals surface area contributed by atoms with E-state index in [4.69, 9.17) is 10.5 Å². The van der Waals surface area contributed by atoms with Crippen molar-refractivity contribution in [1.29, 1.82) is 0 Å². The molecule has 0 saturated carbocycles. The van der Waals surface area contributed by atoms with E-state index >= 15 is 0 Å². The predicted molar refractivity (Wildman–Crippen MR) is 61.2 cm³/mol. The molecule has 0 aliphatic carbocycles. The number of anilines is 1. The first-order valence-corrected chi connectivity index (χ1v) is 5.11. The predicted octanol–water partition coefficient (Wildman–Crippen LogP) is 0.817. The molecule has 15 heavy (non-hydrogen) atoms. The lowest BCUT2D eigenvalue weighted by atomic mass is 10.3. The molecule has 84 valence electrons. The van der Waals surface area contributed by atoms with Crippen molar-refractivity contribution in [1.82, 2.24) is 0 Å². The summed E-state index contributed by atoms with van der Waals surface area (Å²) in [5.74, 6) is 0.849. The van der Waals surface area contributed by atoms with Crippen molar-refractivity contribution in [2.24, 2.45) is 5.73 Å². The standard InChI is InChI=1S/C11H18N2O2/c1-2-15-11-5-3-9(4-6-11)13-8-10(14)7-12/h3-6,10,13-14H,2,7-8,12H2,1H3. The van der Waals surface area contributed by atoms with Crippen LogP contribution in [0, 0.1) is 0 Å². The van der Waals surface area contributed by atoms with E-state index in [2.05, 4.69) is 5.32 Å². The van der Waals surface area contributed by atoms with E-state index in [1.54, 1.807) is 0 Å². The number of rotatable bonds is 6. The summed E-state index contributed by atoms with van der Waals surface area (Å²) < 4.78 is 5.31. The van der Waals surface area contributed by atoms with Gasteiger partial charge in [0.1, 0.15) is 5.75 Å². The lowest BCUT2D eigenvalue weighted by Gasteiger charge is -2.11. The molecule has 1 rings (SSSR count). The van der Waals surface area contributed by atoms with E-state index in [0.29, 0.717) is 13.2 Å². The van der Waals surface area contributed by atoms with Gasteiger partial charge in [0.2, 0.25) is 0 Å².